The van der Waals surface area contributed by atoms with Gasteiger partial charge in [0.2, 0.25) is 0 Å². The van der Waals surface area contributed by atoms with E-state index < -0.39 is 0 Å². The second kappa shape index (κ2) is 11.2. The SMILES string of the molecule is CCOC(=O)CN(C)CCC(Oc1ccc(-c2ccccc2)cc1)c1ccccc1. The zero-order chi connectivity index (χ0) is 21.2. The number of esters is 1. The van der Waals surface area contributed by atoms with E-state index in [9.17, 15) is 4.79 Å². The molecule has 1 atom stereocenters. The summed E-state index contributed by atoms with van der Waals surface area (Å²) in [6, 6.07) is 28.7. The van der Waals surface area contributed by atoms with Crippen molar-refractivity contribution in [2.24, 2.45) is 0 Å². The van der Waals surface area contributed by atoms with E-state index in [1.54, 1.807) is 0 Å². The Balaban J connectivity index is 1.66. The van der Waals surface area contributed by atoms with Gasteiger partial charge in [0, 0.05) is 13.0 Å². The average molecular weight is 404 g/mol. The van der Waals surface area contributed by atoms with Gasteiger partial charge in [-0.25, -0.2) is 0 Å². The lowest BCUT2D eigenvalue weighted by Crippen LogP contribution is -2.29. The van der Waals surface area contributed by atoms with Crippen LogP contribution in [-0.2, 0) is 9.53 Å². The second-order valence-electron chi connectivity index (χ2n) is 7.24. The summed E-state index contributed by atoms with van der Waals surface area (Å²) in [4.78, 5) is 13.7. The molecule has 0 aromatic heterocycles. The van der Waals surface area contributed by atoms with Crippen LogP contribution in [0.25, 0.3) is 11.1 Å². The van der Waals surface area contributed by atoms with Crippen molar-refractivity contribution in [1.82, 2.24) is 4.90 Å². The van der Waals surface area contributed by atoms with Gasteiger partial charge >= 0.3 is 5.97 Å². The lowest BCUT2D eigenvalue weighted by atomic mass is 10.0. The van der Waals surface area contributed by atoms with Crippen molar-refractivity contribution in [3.8, 4) is 16.9 Å². The predicted molar refractivity (Wildman–Crippen MR) is 120 cm³/mol. The summed E-state index contributed by atoms with van der Waals surface area (Å²) >= 11 is 0. The highest BCUT2D eigenvalue weighted by atomic mass is 16.5. The molecule has 3 aromatic rings. The van der Waals surface area contributed by atoms with Crippen molar-refractivity contribution >= 4 is 5.97 Å². The minimum Gasteiger partial charge on any atom is -0.486 e. The standard InChI is InChI=1S/C26H29NO3/c1-3-29-26(28)20-27(2)19-18-25(23-12-8-5-9-13-23)30-24-16-14-22(15-17-24)21-10-6-4-7-11-21/h4-17,25H,3,18-20H2,1-2H3. The van der Waals surface area contributed by atoms with Crippen LogP contribution in [0.1, 0.15) is 25.0 Å². The molecule has 0 N–H and O–H groups in total. The Morgan fingerprint density at radius 3 is 2.10 bits per heavy atom. The number of ether oxygens (including phenoxy) is 2. The van der Waals surface area contributed by atoms with Crippen molar-refractivity contribution in [3.05, 3.63) is 90.5 Å². The lowest BCUT2D eigenvalue weighted by molar-refractivity contribution is -0.144. The van der Waals surface area contributed by atoms with Crippen molar-refractivity contribution in [2.45, 2.75) is 19.4 Å². The number of rotatable bonds is 10. The van der Waals surface area contributed by atoms with Crippen LogP contribution in [0.4, 0.5) is 0 Å². The molecule has 4 nitrogen and oxygen atoms in total. The molecule has 0 fully saturated rings. The van der Waals surface area contributed by atoms with Gasteiger partial charge in [0.1, 0.15) is 11.9 Å². The minimum absolute atomic E-state index is 0.0987. The van der Waals surface area contributed by atoms with Crippen molar-refractivity contribution in [1.29, 1.82) is 0 Å². The minimum atomic E-state index is -0.200. The molecule has 156 valence electrons. The highest BCUT2D eigenvalue weighted by Crippen LogP contribution is 2.27. The first-order valence-corrected chi connectivity index (χ1v) is 10.4. The Labute approximate surface area is 179 Å². The van der Waals surface area contributed by atoms with Gasteiger partial charge in [0.25, 0.3) is 0 Å². The van der Waals surface area contributed by atoms with Crippen LogP contribution in [0.15, 0.2) is 84.9 Å². The van der Waals surface area contributed by atoms with E-state index in [-0.39, 0.29) is 18.6 Å². The summed E-state index contributed by atoms with van der Waals surface area (Å²) in [6.07, 6.45) is 0.666. The van der Waals surface area contributed by atoms with Crippen LogP contribution in [0.5, 0.6) is 5.75 Å². The van der Waals surface area contributed by atoms with E-state index in [2.05, 4.69) is 36.4 Å². The summed E-state index contributed by atoms with van der Waals surface area (Å²) in [5.74, 6) is 0.630. The first-order valence-electron chi connectivity index (χ1n) is 10.4. The third-order valence-corrected chi connectivity index (χ3v) is 4.89. The Bertz CT molecular complexity index is 895. The maximum Gasteiger partial charge on any atom is 0.320 e. The van der Waals surface area contributed by atoms with E-state index in [0.29, 0.717) is 6.61 Å². The van der Waals surface area contributed by atoms with Crippen LogP contribution in [0.3, 0.4) is 0 Å². The largest absolute Gasteiger partial charge is 0.486 e. The Morgan fingerprint density at radius 1 is 0.867 bits per heavy atom. The van der Waals surface area contributed by atoms with E-state index in [1.165, 1.54) is 5.56 Å². The highest BCUT2D eigenvalue weighted by Gasteiger charge is 2.16. The maximum absolute atomic E-state index is 11.7. The number of likely N-dealkylation sites (N-methyl/N-ethyl adjacent to an activating group) is 1. The fourth-order valence-electron chi connectivity index (χ4n) is 3.33. The van der Waals surface area contributed by atoms with Gasteiger partial charge in [-0.3, -0.25) is 9.69 Å². The molecule has 0 amide bonds. The van der Waals surface area contributed by atoms with Crippen LogP contribution >= 0.6 is 0 Å². The fraction of sp³-hybridized carbons (Fsp3) is 0.269. The Kier molecular flexibility index (Phi) is 8.04. The monoisotopic (exact) mass is 403 g/mol. The predicted octanol–water partition coefficient (Wildman–Crippen LogP) is 5.36. The second-order valence-corrected chi connectivity index (χ2v) is 7.24. The summed E-state index contributed by atoms with van der Waals surface area (Å²) in [5, 5.41) is 0. The molecular formula is C26H29NO3. The molecule has 0 heterocycles. The zero-order valence-electron chi connectivity index (χ0n) is 17.7. The molecule has 0 saturated heterocycles. The van der Waals surface area contributed by atoms with E-state index >= 15 is 0 Å². The quantitative estimate of drug-likeness (QED) is 0.427. The smallest absolute Gasteiger partial charge is 0.320 e. The molecule has 30 heavy (non-hydrogen) atoms. The Hall–Kier alpha value is -3.11. The van der Waals surface area contributed by atoms with Crippen molar-refractivity contribution in [3.63, 3.8) is 0 Å². The summed E-state index contributed by atoms with van der Waals surface area (Å²) in [6.45, 7) is 3.23. The van der Waals surface area contributed by atoms with Gasteiger partial charge in [-0.05, 0) is 42.8 Å². The lowest BCUT2D eigenvalue weighted by Gasteiger charge is -2.23. The summed E-state index contributed by atoms with van der Waals surface area (Å²) < 4.78 is 11.4. The van der Waals surface area contributed by atoms with E-state index in [0.717, 1.165) is 29.8 Å². The number of nitrogens with zero attached hydrogens (tertiary/aromatic N) is 1. The fourth-order valence-corrected chi connectivity index (χ4v) is 3.33. The molecular weight excluding hydrogens is 374 g/mol. The van der Waals surface area contributed by atoms with Crippen LogP contribution < -0.4 is 4.74 Å². The number of carbonyl (C=O) groups excluding carboxylic acids is 1. The number of carbonyl (C=O) groups is 1. The molecule has 0 aliphatic heterocycles. The number of hydrogen-bond acceptors (Lipinski definition) is 4. The van der Waals surface area contributed by atoms with Gasteiger partial charge in [-0.2, -0.15) is 0 Å². The molecule has 4 heteroatoms. The van der Waals surface area contributed by atoms with Crippen LogP contribution in [-0.4, -0.2) is 37.6 Å². The molecule has 0 radical (unpaired) electrons. The van der Waals surface area contributed by atoms with Crippen LogP contribution in [0.2, 0.25) is 0 Å². The molecule has 0 saturated carbocycles. The third kappa shape index (κ3) is 6.46. The highest BCUT2D eigenvalue weighted by molar-refractivity contribution is 5.71. The molecule has 0 bridgehead atoms. The molecule has 0 aliphatic carbocycles. The molecule has 0 spiro atoms. The van der Waals surface area contributed by atoms with Gasteiger partial charge in [0.05, 0.1) is 13.2 Å². The van der Waals surface area contributed by atoms with Gasteiger partial charge in [-0.1, -0.05) is 72.8 Å². The molecule has 1 unspecified atom stereocenters. The van der Waals surface area contributed by atoms with Crippen molar-refractivity contribution in [2.75, 3.05) is 26.7 Å². The third-order valence-electron chi connectivity index (χ3n) is 4.89. The molecule has 3 aromatic carbocycles. The average Bonchev–Trinajstić information content (AvgIpc) is 2.78. The zero-order valence-corrected chi connectivity index (χ0v) is 17.7. The molecule has 3 rings (SSSR count). The van der Waals surface area contributed by atoms with E-state index in [1.807, 2.05) is 67.4 Å². The maximum atomic E-state index is 11.7. The van der Waals surface area contributed by atoms with Crippen molar-refractivity contribution < 1.29 is 14.3 Å². The van der Waals surface area contributed by atoms with Gasteiger partial charge < -0.3 is 9.47 Å². The normalized spacial score (nSPS) is 11.8. The molecule has 0 aliphatic rings. The van der Waals surface area contributed by atoms with E-state index in [4.69, 9.17) is 9.47 Å². The first-order chi connectivity index (χ1) is 14.7. The first kappa shape index (κ1) is 21.6. The summed E-state index contributed by atoms with van der Waals surface area (Å²) in [5.41, 5.74) is 3.46. The van der Waals surface area contributed by atoms with Gasteiger partial charge in [0.15, 0.2) is 0 Å². The summed E-state index contributed by atoms with van der Waals surface area (Å²) in [7, 11) is 1.92. The number of benzene rings is 3. The topological polar surface area (TPSA) is 38.8 Å². The Morgan fingerprint density at radius 2 is 1.47 bits per heavy atom. The van der Waals surface area contributed by atoms with Crippen LogP contribution in [0, 0.1) is 0 Å². The van der Waals surface area contributed by atoms with Gasteiger partial charge in [-0.15, -0.1) is 0 Å². The number of hydrogen-bond donors (Lipinski definition) is 0.